The maximum atomic E-state index is 12.0. The highest BCUT2D eigenvalue weighted by molar-refractivity contribution is 9.10. The number of aromatic nitrogens is 2. The van der Waals surface area contributed by atoms with Crippen molar-refractivity contribution >= 4 is 38.9 Å². The molecule has 1 aromatic carbocycles. The van der Waals surface area contributed by atoms with Crippen LogP contribution in [-0.2, 0) is 11.2 Å². The highest BCUT2D eigenvalue weighted by Gasteiger charge is 2.12. The summed E-state index contributed by atoms with van der Waals surface area (Å²) in [5.74, 6) is 0.869. The molecule has 0 bridgehead atoms. The van der Waals surface area contributed by atoms with Crippen LogP contribution in [0.4, 0.5) is 5.69 Å². The second-order valence-electron chi connectivity index (χ2n) is 5.01. The van der Waals surface area contributed by atoms with Crippen molar-refractivity contribution in [3.05, 3.63) is 51.6 Å². The number of amides is 1. The van der Waals surface area contributed by atoms with Crippen molar-refractivity contribution < 1.29 is 9.21 Å². The number of aryl methyl sites for hydroxylation is 2. The van der Waals surface area contributed by atoms with Crippen LogP contribution in [0, 0.1) is 6.92 Å². The molecule has 1 N–H and O–H groups in total. The van der Waals surface area contributed by atoms with Gasteiger partial charge in [0, 0.05) is 17.3 Å². The number of thiophene rings is 1. The molecule has 0 aliphatic rings. The lowest BCUT2D eigenvalue weighted by Crippen LogP contribution is -2.12. The third-order valence-electron chi connectivity index (χ3n) is 3.16. The van der Waals surface area contributed by atoms with E-state index in [2.05, 4.69) is 31.4 Å². The van der Waals surface area contributed by atoms with Crippen LogP contribution in [0.5, 0.6) is 0 Å². The molecule has 2 heterocycles. The maximum absolute atomic E-state index is 12.0. The molecule has 1 amide bonds. The Hall–Kier alpha value is -1.99. The quantitative estimate of drug-likeness (QED) is 0.697. The zero-order chi connectivity index (χ0) is 16.2. The van der Waals surface area contributed by atoms with Gasteiger partial charge in [-0.1, -0.05) is 12.1 Å². The highest BCUT2D eigenvalue weighted by atomic mass is 79.9. The van der Waals surface area contributed by atoms with Crippen LogP contribution < -0.4 is 5.32 Å². The van der Waals surface area contributed by atoms with Crippen molar-refractivity contribution in [1.82, 2.24) is 10.2 Å². The Kier molecular flexibility index (Phi) is 4.88. The first kappa shape index (κ1) is 15.9. The van der Waals surface area contributed by atoms with Gasteiger partial charge in [-0.05, 0) is 52.0 Å². The van der Waals surface area contributed by atoms with E-state index in [1.807, 2.05) is 42.6 Å². The van der Waals surface area contributed by atoms with Gasteiger partial charge in [0.2, 0.25) is 11.8 Å². The topological polar surface area (TPSA) is 68.0 Å². The third-order valence-corrected chi connectivity index (χ3v) is 4.68. The second kappa shape index (κ2) is 7.06. The van der Waals surface area contributed by atoms with Gasteiger partial charge in [-0.2, -0.15) is 0 Å². The van der Waals surface area contributed by atoms with Gasteiger partial charge in [0.05, 0.1) is 10.6 Å². The molecule has 7 heteroatoms. The van der Waals surface area contributed by atoms with Crippen LogP contribution in [-0.4, -0.2) is 16.1 Å². The molecule has 0 unspecified atom stereocenters. The number of hydrogen-bond acceptors (Lipinski definition) is 5. The Morgan fingerprint density at radius 2 is 2.22 bits per heavy atom. The van der Waals surface area contributed by atoms with E-state index in [0.29, 0.717) is 18.2 Å². The zero-order valence-corrected chi connectivity index (χ0v) is 14.8. The predicted octanol–water partition coefficient (Wildman–Crippen LogP) is 4.44. The summed E-state index contributed by atoms with van der Waals surface area (Å²) in [6, 6.07) is 9.63. The lowest BCUT2D eigenvalue weighted by Gasteiger charge is -2.07. The average molecular weight is 392 g/mol. The molecule has 0 saturated carbocycles. The van der Waals surface area contributed by atoms with Crippen LogP contribution in [0.25, 0.3) is 10.8 Å². The van der Waals surface area contributed by atoms with Gasteiger partial charge >= 0.3 is 0 Å². The summed E-state index contributed by atoms with van der Waals surface area (Å²) in [5, 5.41) is 12.8. The molecular weight excluding hydrogens is 378 g/mol. The molecule has 0 aliphatic heterocycles. The van der Waals surface area contributed by atoms with Crippen LogP contribution in [0.3, 0.4) is 0 Å². The Labute approximate surface area is 145 Å². The van der Waals surface area contributed by atoms with Gasteiger partial charge < -0.3 is 9.73 Å². The van der Waals surface area contributed by atoms with E-state index in [0.717, 1.165) is 20.6 Å². The Bertz CT molecular complexity index is 815. The Morgan fingerprint density at radius 3 is 2.96 bits per heavy atom. The number of halogens is 1. The van der Waals surface area contributed by atoms with Crippen LogP contribution >= 0.6 is 27.3 Å². The van der Waals surface area contributed by atoms with Gasteiger partial charge in [-0.25, -0.2) is 0 Å². The molecule has 3 rings (SSSR count). The van der Waals surface area contributed by atoms with Crippen molar-refractivity contribution in [3.63, 3.8) is 0 Å². The molecule has 0 aliphatic carbocycles. The minimum Gasteiger partial charge on any atom is -0.420 e. The largest absolute Gasteiger partial charge is 0.420 e. The van der Waals surface area contributed by atoms with Crippen molar-refractivity contribution in [2.24, 2.45) is 0 Å². The smallest absolute Gasteiger partial charge is 0.257 e. The number of carbonyl (C=O) groups is 1. The van der Waals surface area contributed by atoms with E-state index in [9.17, 15) is 4.79 Å². The number of hydrogen-bond donors (Lipinski definition) is 1. The minimum atomic E-state index is -0.0922. The van der Waals surface area contributed by atoms with Gasteiger partial charge in [0.25, 0.3) is 5.89 Å². The number of nitrogens with zero attached hydrogens (tertiary/aromatic N) is 2. The molecule has 2 aromatic heterocycles. The summed E-state index contributed by atoms with van der Waals surface area (Å²) < 4.78 is 6.43. The second-order valence-corrected chi connectivity index (χ2v) is 6.81. The van der Waals surface area contributed by atoms with E-state index >= 15 is 0 Å². The molecular formula is C16H14BrN3O2S. The standard InChI is InChI=1S/C16H14BrN3O2S/c1-10-4-5-12(11(17)9-10)18-14(21)6-7-15-19-20-16(22-15)13-3-2-8-23-13/h2-5,8-9H,6-7H2,1H3,(H,18,21). The lowest BCUT2D eigenvalue weighted by atomic mass is 10.2. The van der Waals surface area contributed by atoms with Crippen LogP contribution in [0.1, 0.15) is 17.9 Å². The number of carbonyl (C=O) groups excluding carboxylic acids is 1. The van der Waals surface area contributed by atoms with Gasteiger partial charge in [0.15, 0.2) is 0 Å². The Morgan fingerprint density at radius 1 is 1.35 bits per heavy atom. The van der Waals surface area contributed by atoms with Gasteiger partial charge in [-0.3, -0.25) is 4.79 Å². The fraction of sp³-hybridized carbons (Fsp3) is 0.188. The van der Waals surface area contributed by atoms with Crippen LogP contribution in [0.15, 0.2) is 44.6 Å². The Balaban J connectivity index is 1.57. The van der Waals surface area contributed by atoms with Crippen molar-refractivity contribution in [2.75, 3.05) is 5.32 Å². The zero-order valence-electron chi connectivity index (χ0n) is 12.4. The number of benzene rings is 1. The van der Waals surface area contributed by atoms with E-state index in [1.54, 1.807) is 0 Å². The fourth-order valence-corrected chi connectivity index (χ4v) is 3.25. The van der Waals surface area contributed by atoms with Crippen molar-refractivity contribution in [2.45, 2.75) is 19.8 Å². The first-order valence-corrected chi connectivity index (χ1v) is 8.71. The lowest BCUT2D eigenvalue weighted by molar-refractivity contribution is -0.116. The highest BCUT2D eigenvalue weighted by Crippen LogP contribution is 2.24. The van der Waals surface area contributed by atoms with E-state index in [4.69, 9.17) is 4.42 Å². The summed E-state index contributed by atoms with van der Waals surface area (Å²) in [6.45, 7) is 2.00. The first-order valence-electron chi connectivity index (χ1n) is 7.04. The van der Waals surface area contributed by atoms with E-state index in [1.165, 1.54) is 11.3 Å². The molecule has 0 atom stereocenters. The average Bonchev–Trinajstić information content (AvgIpc) is 3.18. The van der Waals surface area contributed by atoms with Gasteiger partial charge in [0.1, 0.15) is 0 Å². The molecule has 0 spiro atoms. The van der Waals surface area contributed by atoms with Crippen molar-refractivity contribution in [3.8, 4) is 10.8 Å². The summed E-state index contributed by atoms with van der Waals surface area (Å²) in [5.41, 5.74) is 1.88. The fourth-order valence-electron chi connectivity index (χ4n) is 2.01. The van der Waals surface area contributed by atoms with Gasteiger partial charge in [-0.15, -0.1) is 21.5 Å². The van der Waals surface area contributed by atoms with Crippen LogP contribution in [0.2, 0.25) is 0 Å². The minimum absolute atomic E-state index is 0.0922. The summed E-state index contributed by atoms with van der Waals surface area (Å²) in [6.07, 6.45) is 0.695. The molecule has 0 saturated heterocycles. The molecule has 3 aromatic rings. The monoisotopic (exact) mass is 391 g/mol. The third kappa shape index (κ3) is 4.05. The number of nitrogens with one attached hydrogen (secondary N) is 1. The summed E-state index contributed by atoms with van der Waals surface area (Å²) in [7, 11) is 0. The molecule has 5 nitrogen and oxygen atoms in total. The predicted molar refractivity (Wildman–Crippen MR) is 93.4 cm³/mol. The van der Waals surface area contributed by atoms with Crippen molar-refractivity contribution in [1.29, 1.82) is 0 Å². The maximum Gasteiger partial charge on any atom is 0.257 e. The summed E-state index contributed by atoms with van der Waals surface area (Å²) >= 11 is 4.98. The molecule has 0 radical (unpaired) electrons. The first-order chi connectivity index (χ1) is 11.1. The van der Waals surface area contributed by atoms with E-state index < -0.39 is 0 Å². The molecule has 23 heavy (non-hydrogen) atoms. The SMILES string of the molecule is Cc1ccc(NC(=O)CCc2nnc(-c3cccs3)o2)c(Br)c1. The normalized spacial score (nSPS) is 10.7. The number of anilines is 1. The molecule has 118 valence electrons. The number of rotatable bonds is 5. The molecule has 0 fully saturated rings. The summed E-state index contributed by atoms with van der Waals surface area (Å²) in [4.78, 5) is 13.0. The van der Waals surface area contributed by atoms with E-state index in [-0.39, 0.29) is 12.3 Å².